The van der Waals surface area contributed by atoms with Gasteiger partial charge in [0.05, 0.1) is 12.2 Å². The van der Waals surface area contributed by atoms with Crippen molar-refractivity contribution in [3.63, 3.8) is 0 Å². The topological polar surface area (TPSA) is 93.7 Å². The first-order chi connectivity index (χ1) is 12.5. The van der Waals surface area contributed by atoms with Gasteiger partial charge in [0.2, 0.25) is 5.91 Å². The van der Waals surface area contributed by atoms with Crippen LogP contribution in [0.3, 0.4) is 0 Å². The van der Waals surface area contributed by atoms with Crippen molar-refractivity contribution >= 4 is 29.2 Å². The van der Waals surface area contributed by atoms with Crippen LogP contribution in [0.15, 0.2) is 48.5 Å². The Labute approximate surface area is 151 Å². The van der Waals surface area contributed by atoms with E-state index in [0.717, 1.165) is 5.56 Å². The number of carbonyl (C=O) groups is 3. The maximum absolute atomic E-state index is 11.9. The number of esters is 1. The highest BCUT2D eigenvalue weighted by Crippen LogP contribution is 2.13. The minimum atomic E-state index is -0.579. The van der Waals surface area contributed by atoms with Crippen molar-refractivity contribution in [2.75, 3.05) is 24.4 Å². The monoisotopic (exact) mass is 356 g/mol. The molecule has 0 atom stereocenters. The summed E-state index contributed by atoms with van der Waals surface area (Å²) in [6.07, 6.45) is 0. The van der Waals surface area contributed by atoms with Crippen molar-refractivity contribution in [3.8, 4) is 0 Å². The first-order valence-electron chi connectivity index (χ1n) is 7.90. The number of anilines is 2. The zero-order valence-corrected chi connectivity index (χ0v) is 14.6. The van der Waals surface area contributed by atoms with Crippen LogP contribution in [0.5, 0.6) is 0 Å². The molecule has 0 heterocycles. The van der Waals surface area contributed by atoms with Gasteiger partial charge in [0.25, 0.3) is 5.91 Å². The molecule has 0 spiro atoms. The predicted molar refractivity (Wildman–Crippen MR) is 96.8 cm³/mol. The molecule has 0 aliphatic rings. The summed E-state index contributed by atoms with van der Waals surface area (Å²) in [5.74, 6) is -1.21. The van der Waals surface area contributed by atoms with Crippen LogP contribution in [0.1, 0.15) is 22.8 Å². The lowest BCUT2D eigenvalue weighted by Crippen LogP contribution is -2.21. The summed E-state index contributed by atoms with van der Waals surface area (Å²) >= 11 is 0. The quantitative estimate of drug-likeness (QED) is 0.744. The Morgan fingerprint density at radius 3 is 2.00 bits per heavy atom. The van der Waals surface area contributed by atoms with Crippen LogP contribution in [0, 0.1) is 0 Å². The molecule has 7 nitrogen and oxygen atoms in total. The number of ether oxygens (including phenoxy) is 2. The maximum Gasteiger partial charge on any atom is 0.338 e. The molecular weight excluding hydrogens is 336 g/mol. The van der Waals surface area contributed by atoms with E-state index < -0.39 is 18.5 Å². The standard InChI is InChI=1S/C19H20N2O5/c1-13(22)20-16-7-9-17(10-8-16)21-18(23)12-26-19(24)15-5-3-14(4-6-15)11-25-2/h3-10H,11-12H2,1-2H3,(H,20,22)(H,21,23). The molecule has 0 saturated carbocycles. The molecule has 26 heavy (non-hydrogen) atoms. The van der Waals surface area contributed by atoms with Crippen molar-refractivity contribution in [2.45, 2.75) is 13.5 Å². The molecule has 0 unspecified atom stereocenters. The molecule has 0 bridgehead atoms. The van der Waals surface area contributed by atoms with E-state index in [1.54, 1.807) is 55.6 Å². The van der Waals surface area contributed by atoms with Crippen LogP contribution in [-0.4, -0.2) is 31.5 Å². The number of hydrogen-bond acceptors (Lipinski definition) is 5. The summed E-state index contributed by atoms with van der Waals surface area (Å²) in [4.78, 5) is 34.8. The van der Waals surface area contributed by atoms with Crippen LogP contribution >= 0.6 is 0 Å². The Morgan fingerprint density at radius 2 is 1.46 bits per heavy atom. The first kappa shape index (κ1) is 19.1. The van der Waals surface area contributed by atoms with Crippen molar-refractivity contribution in [2.24, 2.45) is 0 Å². The van der Waals surface area contributed by atoms with E-state index >= 15 is 0 Å². The third kappa shape index (κ3) is 6.03. The van der Waals surface area contributed by atoms with Crippen molar-refractivity contribution in [1.29, 1.82) is 0 Å². The Bertz CT molecular complexity index is 770. The predicted octanol–water partition coefficient (Wildman–Crippen LogP) is 2.59. The van der Waals surface area contributed by atoms with Gasteiger partial charge in [0.15, 0.2) is 6.61 Å². The summed E-state index contributed by atoms with van der Waals surface area (Å²) < 4.78 is 10.00. The van der Waals surface area contributed by atoms with Gasteiger partial charge in [-0.2, -0.15) is 0 Å². The van der Waals surface area contributed by atoms with Crippen LogP contribution in [0.4, 0.5) is 11.4 Å². The number of rotatable bonds is 7. The largest absolute Gasteiger partial charge is 0.452 e. The lowest BCUT2D eigenvalue weighted by Gasteiger charge is -2.08. The van der Waals surface area contributed by atoms with Gasteiger partial charge in [0, 0.05) is 25.4 Å². The smallest absolute Gasteiger partial charge is 0.338 e. The van der Waals surface area contributed by atoms with Gasteiger partial charge in [-0.3, -0.25) is 9.59 Å². The number of benzene rings is 2. The van der Waals surface area contributed by atoms with Crippen LogP contribution < -0.4 is 10.6 Å². The molecule has 136 valence electrons. The van der Waals surface area contributed by atoms with Crippen LogP contribution in [0.2, 0.25) is 0 Å². The fourth-order valence-electron chi connectivity index (χ4n) is 2.16. The zero-order valence-electron chi connectivity index (χ0n) is 14.6. The molecule has 0 aromatic heterocycles. The maximum atomic E-state index is 11.9. The van der Waals surface area contributed by atoms with Gasteiger partial charge < -0.3 is 20.1 Å². The summed E-state index contributed by atoms with van der Waals surface area (Å²) in [7, 11) is 1.59. The van der Waals surface area contributed by atoms with E-state index in [4.69, 9.17) is 9.47 Å². The average molecular weight is 356 g/mol. The number of methoxy groups -OCH3 is 1. The molecule has 0 aliphatic carbocycles. The Kier molecular flexibility index (Phi) is 6.87. The summed E-state index contributed by atoms with van der Waals surface area (Å²) in [6, 6.07) is 13.4. The van der Waals surface area contributed by atoms with Crippen LogP contribution in [-0.2, 0) is 25.7 Å². The first-order valence-corrected chi connectivity index (χ1v) is 7.90. The molecule has 0 fully saturated rings. The number of amides is 2. The highest BCUT2D eigenvalue weighted by molar-refractivity contribution is 5.96. The van der Waals surface area contributed by atoms with Crippen molar-refractivity contribution in [3.05, 3.63) is 59.7 Å². The Morgan fingerprint density at radius 1 is 0.885 bits per heavy atom. The lowest BCUT2D eigenvalue weighted by atomic mass is 10.1. The minimum Gasteiger partial charge on any atom is -0.452 e. The van der Waals surface area contributed by atoms with E-state index in [-0.39, 0.29) is 5.91 Å². The number of carbonyl (C=O) groups excluding carboxylic acids is 3. The van der Waals surface area contributed by atoms with Gasteiger partial charge in [-0.05, 0) is 42.0 Å². The van der Waals surface area contributed by atoms with Crippen LogP contribution in [0.25, 0.3) is 0 Å². The lowest BCUT2D eigenvalue weighted by molar-refractivity contribution is -0.119. The zero-order chi connectivity index (χ0) is 18.9. The minimum absolute atomic E-state index is 0.177. The molecule has 2 aromatic carbocycles. The molecule has 0 aliphatic heterocycles. The second kappa shape index (κ2) is 9.33. The molecular formula is C19H20N2O5. The van der Waals surface area contributed by atoms with Gasteiger partial charge in [-0.25, -0.2) is 4.79 Å². The van der Waals surface area contributed by atoms with Gasteiger partial charge in [-0.1, -0.05) is 12.1 Å². The molecule has 0 saturated heterocycles. The second-order valence-electron chi connectivity index (χ2n) is 5.51. The van der Waals surface area contributed by atoms with E-state index in [0.29, 0.717) is 23.5 Å². The highest BCUT2D eigenvalue weighted by Gasteiger charge is 2.10. The van der Waals surface area contributed by atoms with E-state index in [1.165, 1.54) is 6.92 Å². The summed E-state index contributed by atoms with van der Waals surface area (Å²) in [5, 5.41) is 5.24. The Hall–Kier alpha value is -3.19. The average Bonchev–Trinajstić information content (AvgIpc) is 2.62. The third-order valence-electron chi connectivity index (χ3n) is 3.32. The van der Waals surface area contributed by atoms with E-state index in [9.17, 15) is 14.4 Å². The van der Waals surface area contributed by atoms with Crippen molar-refractivity contribution in [1.82, 2.24) is 0 Å². The molecule has 2 rings (SSSR count). The van der Waals surface area contributed by atoms with E-state index in [2.05, 4.69) is 10.6 Å². The van der Waals surface area contributed by atoms with E-state index in [1.807, 2.05) is 0 Å². The normalized spacial score (nSPS) is 10.1. The van der Waals surface area contributed by atoms with Gasteiger partial charge in [0.1, 0.15) is 0 Å². The number of nitrogens with one attached hydrogen (secondary N) is 2. The van der Waals surface area contributed by atoms with Crippen molar-refractivity contribution < 1.29 is 23.9 Å². The highest BCUT2D eigenvalue weighted by atomic mass is 16.5. The van der Waals surface area contributed by atoms with Gasteiger partial charge >= 0.3 is 5.97 Å². The molecule has 7 heteroatoms. The second-order valence-corrected chi connectivity index (χ2v) is 5.51. The Balaban J connectivity index is 1.82. The summed E-state index contributed by atoms with van der Waals surface area (Å²) in [5.41, 5.74) is 2.45. The SMILES string of the molecule is COCc1ccc(C(=O)OCC(=O)Nc2ccc(NC(C)=O)cc2)cc1. The third-order valence-corrected chi connectivity index (χ3v) is 3.32. The van der Waals surface area contributed by atoms with Gasteiger partial charge in [-0.15, -0.1) is 0 Å². The molecule has 2 aromatic rings. The fraction of sp³-hybridized carbons (Fsp3) is 0.211. The number of hydrogen-bond donors (Lipinski definition) is 2. The molecule has 2 amide bonds. The fourth-order valence-corrected chi connectivity index (χ4v) is 2.16. The molecule has 0 radical (unpaired) electrons. The molecule has 2 N–H and O–H groups in total. The summed E-state index contributed by atoms with van der Waals surface area (Å²) in [6.45, 7) is 1.47.